The van der Waals surface area contributed by atoms with Crippen molar-refractivity contribution in [3.05, 3.63) is 35.0 Å². The average Bonchev–Trinajstić information content (AvgIpc) is 3.25. The maximum Gasteiger partial charge on any atom is 0.269 e. The number of rotatable bonds is 5. The minimum atomic E-state index is -0.733. The lowest BCUT2D eigenvalue weighted by atomic mass is 10.2. The summed E-state index contributed by atoms with van der Waals surface area (Å²) >= 11 is 0. The molecule has 6 N–H and O–H groups in total. The number of fused-ring (bicyclic) bond motifs is 1. The highest BCUT2D eigenvalue weighted by atomic mass is 16.5. The number of pyridine rings is 1. The molecule has 0 fully saturated rings. The van der Waals surface area contributed by atoms with Crippen molar-refractivity contribution in [2.75, 3.05) is 13.7 Å². The average molecular weight is 437 g/mol. The molecule has 3 heterocycles. The first kappa shape index (κ1) is 22.4. The quantitative estimate of drug-likeness (QED) is 0.251. The maximum absolute atomic E-state index is 11.8. The van der Waals surface area contributed by atoms with Crippen molar-refractivity contribution in [2.24, 2.45) is 16.5 Å². The highest BCUT2D eigenvalue weighted by Crippen LogP contribution is 2.23. The Bertz CT molecular complexity index is 1290. The first-order valence-electron chi connectivity index (χ1n) is 9.54. The van der Waals surface area contributed by atoms with Crippen LogP contribution in [0.1, 0.15) is 34.0 Å². The lowest BCUT2D eigenvalue weighted by Crippen LogP contribution is -2.26. The molecule has 166 valence electrons. The van der Waals surface area contributed by atoms with Crippen molar-refractivity contribution in [3.8, 4) is 17.6 Å². The summed E-state index contributed by atoms with van der Waals surface area (Å²) in [5, 5.41) is 27.6. The number of aryl methyl sites for hydroxylation is 3. The fourth-order valence-electron chi connectivity index (χ4n) is 3.03. The first-order chi connectivity index (χ1) is 15.2. The Balaban J connectivity index is 1.97. The zero-order chi connectivity index (χ0) is 23.4. The van der Waals surface area contributed by atoms with Crippen molar-refractivity contribution in [3.63, 3.8) is 0 Å². The van der Waals surface area contributed by atoms with E-state index >= 15 is 0 Å². The van der Waals surface area contributed by atoms with Crippen LogP contribution in [0.5, 0.6) is 5.75 Å². The van der Waals surface area contributed by atoms with Gasteiger partial charge in [0.15, 0.2) is 17.3 Å². The van der Waals surface area contributed by atoms with E-state index in [1.54, 1.807) is 27.0 Å². The van der Waals surface area contributed by atoms with Crippen molar-refractivity contribution in [1.82, 2.24) is 24.5 Å². The van der Waals surface area contributed by atoms with Gasteiger partial charge in [-0.2, -0.15) is 19.9 Å². The van der Waals surface area contributed by atoms with Crippen LogP contribution in [0.15, 0.2) is 17.3 Å². The highest BCUT2D eigenvalue weighted by Gasteiger charge is 2.21. The fourth-order valence-corrected chi connectivity index (χ4v) is 3.03. The van der Waals surface area contributed by atoms with E-state index in [9.17, 15) is 9.90 Å². The zero-order valence-corrected chi connectivity index (χ0v) is 17.9. The Morgan fingerprint density at radius 1 is 1.31 bits per heavy atom. The molecule has 32 heavy (non-hydrogen) atoms. The molecule has 1 amide bonds. The van der Waals surface area contributed by atoms with Crippen LogP contribution in [-0.2, 0) is 11.3 Å². The second kappa shape index (κ2) is 9.27. The van der Waals surface area contributed by atoms with Gasteiger partial charge in [0.25, 0.3) is 5.91 Å². The Labute approximate surface area is 183 Å². The van der Waals surface area contributed by atoms with Crippen LogP contribution in [0.4, 0.5) is 0 Å². The summed E-state index contributed by atoms with van der Waals surface area (Å²) < 4.78 is 7.49. The number of aliphatic imine (C=N–C) groups is 1. The predicted molar refractivity (Wildman–Crippen MR) is 118 cm³/mol. The number of amides is 1. The Hall–Kier alpha value is -4.24. The molecular formula is C20H23N9O3. The van der Waals surface area contributed by atoms with Gasteiger partial charge in [-0.3, -0.25) is 19.9 Å². The summed E-state index contributed by atoms with van der Waals surface area (Å²) in [6.45, 7) is 4.01. The minimum absolute atomic E-state index is 0.00791. The van der Waals surface area contributed by atoms with E-state index in [2.05, 4.69) is 32.0 Å². The molecule has 0 aliphatic carbocycles. The summed E-state index contributed by atoms with van der Waals surface area (Å²) in [5.74, 6) is 4.29. The molecule has 0 bridgehead atoms. The van der Waals surface area contributed by atoms with Crippen molar-refractivity contribution >= 4 is 28.6 Å². The molecule has 0 unspecified atom stereocenters. The minimum Gasteiger partial charge on any atom is -0.504 e. The van der Waals surface area contributed by atoms with E-state index in [0.717, 1.165) is 0 Å². The monoisotopic (exact) mass is 437 g/mol. The maximum atomic E-state index is 11.8. The second-order valence-electron chi connectivity index (χ2n) is 6.83. The zero-order valence-electron chi connectivity index (χ0n) is 17.9. The van der Waals surface area contributed by atoms with Gasteiger partial charge in [-0.1, -0.05) is 11.8 Å². The number of methoxy groups -OCH3 is 1. The predicted octanol–water partition coefficient (Wildman–Crippen LogP) is 0.277. The van der Waals surface area contributed by atoms with Crippen LogP contribution in [0.25, 0.3) is 10.9 Å². The number of ether oxygens (including phenoxy) is 1. The standard InChI is InChI=1S/C20H23N9O3/c1-11-9-13-14(10-24-11)29(27-15(13)19(22)31)20(23)25-18(21)16-17(30)12(2)26-28(16)7-5-4-6-8-32-3/h9-10,30H,5,7-8H2,1-3H3,(H2,22,31)(H3,21,23,25). The van der Waals surface area contributed by atoms with E-state index in [1.807, 2.05) is 0 Å². The van der Waals surface area contributed by atoms with Gasteiger partial charge in [0.1, 0.15) is 18.0 Å². The third kappa shape index (κ3) is 4.42. The van der Waals surface area contributed by atoms with E-state index < -0.39 is 5.91 Å². The summed E-state index contributed by atoms with van der Waals surface area (Å²) in [5.41, 5.74) is 13.0. The molecule has 0 aliphatic rings. The van der Waals surface area contributed by atoms with Gasteiger partial charge in [0.05, 0.1) is 18.3 Å². The number of nitrogens with zero attached hydrogens (tertiary/aromatic N) is 6. The molecule has 0 spiro atoms. The molecule has 12 heteroatoms. The van der Waals surface area contributed by atoms with Crippen molar-refractivity contribution in [1.29, 1.82) is 5.41 Å². The number of amidine groups is 1. The smallest absolute Gasteiger partial charge is 0.269 e. The normalized spacial score (nSPS) is 11.4. The van der Waals surface area contributed by atoms with Crippen LogP contribution >= 0.6 is 0 Å². The van der Waals surface area contributed by atoms with Gasteiger partial charge in [-0.05, 0) is 19.9 Å². The number of nitrogens with one attached hydrogen (secondary N) is 1. The van der Waals surface area contributed by atoms with E-state index in [1.165, 1.54) is 15.6 Å². The van der Waals surface area contributed by atoms with E-state index in [0.29, 0.717) is 41.9 Å². The van der Waals surface area contributed by atoms with Crippen LogP contribution in [-0.4, -0.2) is 61.1 Å². The Morgan fingerprint density at radius 3 is 2.75 bits per heavy atom. The molecular weight excluding hydrogens is 414 g/mol. The third-order valence-electron chi connectivity index (χ3n) is 4.49. The summed E-state index contributed by atoms with van der Waals surface area (Å²) in [6.07, 6.45) is 1.92. The van der Waals surface area contributed by atoms with Gasteiger partial charge in [-0.25, -0.2) is 0 Å². The van der Waals surface area contributed by atoms with Crippen LogP contribution in [0, 0.1) is 31.1 Å². The molecule has 3 aromatic rings. The number of aromatic hydroxyl groups is 1. The van der Waals surface area contributed by atoms with Gasteiger partial charge < -0.3 is 21.3 Å². The summed E-state index contributed by atoms with van der Waals surface area (Å²) in [6, 6.07) is 1.66. The lowest BCUT2D eigenvalue weighted by molar-refractivity contribution is 0.0997. The number of hydrogen-bond donors (Lipinski definition) is 4. The molecule has 0 saturated heterocycles. The number of aromatic nitrogens is 5. The van der Waals surface area contributed by atoms with E-state index in [4.69, 9.17) is 21.6 Å². The summed E-state index contributed by atoms with van der Waals surface area (Å²) in [4.78, 5) is 20.1. The SMILES string of the molecule is COCC#CCCn1nc(C)c(O)c1C(=N)/N=C(\N)n1nc(C(N)=O)c2cc(C)ncc21. The Kier molecular flexibility index (Phi) is 6.50. The molecule has 0 atom stereocenters. The van der Waals surface area contributed by atoms with Gasteiger partial charge >= 0.3 is 0 Å². The van der Waals surface area contributed by atoms with Crippen molar-refractivity contribution in [2.45, 2.75) is 26.8 Å². The molecule has 3 aromatic heterocycles. The number of nitrogens with two attached hydrogens (primary N) is 2. The molecule has 3 rings (SSSR count). The third-order valence-corrected chi connectivity index (χ3v) is 4.49. The van der Waals surface area contributed by atoms with Crippen LogP contribution in [0.2, 0.25) is 0 Å². The Morgan fingerprint density at radius 2 is 2.06 bits per heavy atom. The highest BCUT2D eigenvalue weighted by molar-refractivity contribution is 6.09. The van der Waals surface area contributed by atoms with Gasteiger partial charge in [0.2, 0.25) is 5.96 Å². The van der Waals surface area contributed by atoms with Crippen molar-refractivity contribution < 1.29 is 14.6 Å². The molecule has 0 aliphatic heterocycles. The number of carbonyl (C=O) groups excluding carboxylic acids is 1. The first-order valence-corrected chi connectivity index (χ1v) is 9.54. The topological polar surface area (TPSA) is 183 Å². The lowest BCUT2D eigenvalue weighted by Gasteiger charge is -2.06. The number of carbonyl (C=O) groups is 1. The molecule has 12 nitrogen and oxygen atoms in total. The molecule has 0 saturated carbocycles. The number of hydrogen-bond acceptors (Lipinski definition) is 7. The second-order valence-corrected chi connectivity index (χ2v) is 6.83. The van der Waals surface area contributed by atoms with Gasteiger partial charge in [-0.15, -0.1) is 0 Å². The van der Waals surface area contributed by atoms with Crippen LogP contribution < -0.4 is 11.5 Å². The molecule has 0 radical (unpaired) electrons. The number of primary amides is 1. The van der Waals surface area contributed by atoms with Gasteiger partial charge in [0, 0.05) is 24.6 Å². The summed E-state index contributed by atoms with van der Waals surface area (Å²) in [7, 11) is 1.55. The largest absolute Gasteiger partial charge is 0.504 e. The molecule has 0 aromatic carbocycles. The van der Waals surface area contributed by atoms with Crippen LogP contribution in [0.3, 0.4) is 0 Å². The fraction of sp³-hybridized carbons (Fsp3) is 0.300. The van der Waals surface area contributed by atoms with E-state index in [-0.39, 0.29) is 28.9 Å².